The van der Waals surface area contributed by atoms with Gasteiger partial charge in [-0.2, -0.15) is 0 Å². The summed E-state index contributed by atoms with van der Waals surface area (Å²) < 4.78 is 37.1. The summed E-state index contributed by atoms with van der Waals surface area (Å²) in [5.41, 5.74) is 0.846. The van der Waals surface area contributed by atoms with E-state index in [4.69, 9.17) is 21.1 Å². The fourth-order valence-corrected chi connectivity index (χ4v) is 4.86. The molecule has 4 rings (SSSR count). The molecule has 1 fully saturated rings. The van der Waals surface area contributed by atoms with E-state index in [1.54, 1.807) is 30.3 Å². The first-order chi connectivity index (χ1) is 15.7. The molecule has 1 saturated heterocycles. The van der Waals surface area contributed by atoms with Crippen molar-refractivity contribution in [2.24, 2.45) is 0 Å². The van der Waals surface area contributed by atoms with E-state index in [-0.39, 0.29) is 35.6 Å². The van der Waals surface area contributed by atoms with Crippen LogP contribution >= 0.6 is 11.6 Å². The summed E-state index contributed by atoms with van der Waals surface area (Å²) in [7, 11) is -3.69. The molecule has 33 heavy (non-hydrogen) atoms. The van der Waals surface area contributed by atoms with Crippen molar-refractivity contribution < 1.29 is 27.5 Å². The van der Waals surface area contributed by atoms with Gasteiger partial charge in [-0.1, -0.05) is 23.7 Å². The van der Waals surface area contributed by atoms with Gasteiger partial charge in [0, 0.05) is 18.2 Å². The van der Waals surface area contributed by atoms with Crippen molar-refractivity contribution in [3.8, 4) is 5.75 Å². The molecule has 2 aliphatic heterocycles. The number of hydrogen-bond donors (Lipinski definition) is 2. The van der Waals surface area contributed by atoms with E-state index >= 15 is 0 Å². The highest BCUT2D eigenvalue weighted by molar-refractivity contribution is 7.92. The molecule has 0 radical (unpaired) electrons. The molecular weight excluding hydrogens is 470 g/mol. The number of ether oxygens (including phenoxy) is 2. The second kappa shape index (κ2) is 9.58. The zero-order valence-corrected chi connectivity index (χ0v) is 19.5. The van der Waals surface area contributed by atoms with Gasteiger partial charge in [-0.15, -0.1) is 0 Å². The molecule has 2 aromatic carbocycles. The Morgan fingerprint density at radius 1 is 1.21 bits per heavy atom. The summed E-state index contributed by atoms with van der Waals surface area (Å²) in [6, 6.07) is 11.1. The third-order valence-electron chi connectivity index (χ3n) is 5.43. The predicted octanol–water partition coefficient (Wildman–Crippen LogP) is 2.41. The molecule has 0 aromatic heterocycles. The smallest absolute Gasteiger partial charge is 0.267 e. The number of amides is 2. The van der Waals surface area contributed by atoms with Crippen LogP contribution in [-0.2, 0) is 19.6 Å². The molecule has 2 N–H and O–H groups in total. The number of nitrogens with one attached hydrogen (secondary N) is 2. The maximum Gasteiger partial charge on any atom is 0.267 e. The van der Waals surface area contributed by atoms with Crippen molar-refractivity contribution in [1.82, 2.24) is 5.32 Å². The van der Waals surface area contributed by atoms with Crippen LogP contribution < -0.4 is 19.7 Å². The van der Waals surface area contributed by atoms with Crippen molar-refractivity contribution in [2.45, 2.75) is 25.0 Å². The number of sulfonamides is 1. The molecule has 2 aliphatic rings. The third-order valence-corrected chi connectivity index (χ3v) is 6.81. The molecular formula is C22H24ClN3O6S. The second-order valence-electron chi connectivity index (χ2n) is 7.89. The third kappa shape index (κ3) is 5.40. The van der Waals surface area contributed by atoms with Gasteiger partial charge in [-0.05, 0) is 43.2 Å². The van der Waals surface area contributed by atoms with Crippen LogP contribution in [0.1, 0.15) is 23.2 Å². The number of halogens is 1. The summed E-state index contributed by atoms with van der Waals surface area (Å²) >= 11 is 6.01. The van der Waals surface area contributed by atoms with Gasteiger partial charge in [0.15, 0.2) is 6.10 Å². The fraction of sp³-hybridized carbons (Fsp3) is 0.364. The zero-order chi connectivity index (χ0) is 23.6. The van der Waals surface area contributed by atoms with Crippen molar-refractivity contribution in [3.05, 3.63) is 53.1 Å². The van der Waals surface area contributed by atoms with E-state index in [1.165, 1.54) is 12.1 Å². The van der Waals surface area contributed by atoms with Gasteiger partial charge in [0.25, 0.3) is 11.8 Å². The molecule has 2 heterocycles. The second-order valence-corrected chi connectivity index (χ2v) is 10.2. The molecule has 0 aliphatic carbocycles. The lowest BCUT2D eigenvalue weighted by molar-refractivity contribution is -0.122. The predicted molar refractivity (Wildman–Crippen MR) is 124 cm³/mol. The maximum atomic E-state index is 13.0. The number of hydrogen-bond acceptors (Lipinski definition) is 6. The molecule has 176 valence electrons. The largest absolute Gasteiger partial charge is 0.476 e. The van der Waals surface area contributed by atoms with Gasteiger partial charge in [-0.3, -0.25) is 13.9 Å². The highest BCUT2D eigenvalue weighted by atomic mass is 35.5. The van der Waals surface area contributed by atoms with E-state index in [0.717, 1.165) is 23.4 Å². The van der Waals surface area contributed by atoms with Gasteiger partial charge in [0.2, 0.25) is 10.0 Å². The zero-order valence-electron chi connectivity index (χ0n) is 17.9. The van der Waals surface area contributed by atoms with Crippen LogP contribution in [0.25, 0.3) is 0 Å². The van der Waals surface area contributed by atoms with Gasteiger partial charge in [-0.25, -0.2) is 8.42 Å². The SMILES string of the molecule is CS(=O)(=O)N1C[C@@H](C(=O)Nc2ccccc2C(=O)NC[C@H]2CCCO2)Oc2ccc(Cl)cc21. The average molecular weight is 494 g/mol. The van der Waals surface area contributed by atoms with Gasteiger partial charge in [0.1, 0.15) is 5.75 Å². The molecule has 9 nitrogen and oxygen atoms in total. The average Bonchev–Trinajstić information content (AvgIpc) is 3.30. The van der Waals surface area contributed by atoms with Crippen molar-refractivity contribution in [1.29, 1.82) is 0 Å². The molecule has 0 bridgehead atoms. The first kappa shape index (κ1) is 23.3. The van der Waals surface area contributed by atoms with Crippen LogP contribution in [0.3, 0.4) is 0 Å². The van der Waals surface area contributed by atoms with Crippen LogP contribution in [0, 0.1) is 0 Å². The minimum atomic E-state index is -3.69. The molecule has 2 amide bonds. The number of carbonyl (C=O) groups excluding carboxylic acids is 2. The van der Waals surface area contributed by atoms with Crippen LogP contribution in [-0.4, -0.2) is 58.4 Å². The van der Waals surface area contributed by atoms with Crippen LogP contribution in [0.4, 0.5) is 11.4 Å². The quantitative estimate of drug-likeness (QED) is 0.638. The maximum absolute atomic E-state index is 13.0. The summed E-state index contributed by atoms with van der Waals surface area (Å²) in [4.78, 5) is 25.7. The van der Waals surface area contributed by atoms with Gasteiger partial charge in [0.05, 0.1) is 35.8 Å². The lowest BCUT2D eigenvalue weighted by Gasteiger charge is -2.34. The minimum Gasteiger partial charge on any atom is -0.476 e. The monoisotopic (exact) mass is 493 g/mol. The molecule has 2 aromatic rings. The topological polar surface area (TPSA) is 114 Å². The molecule has 2 atom stereocenters. The lowest BCUT2D eigenvalue weighted by atomic mass is 10.1. The first-order valence-corrected chi connectivity index (χ1v) is 12.7. The number of fused-ring (bicyclic) bond motifs is 1. The summed E-state index contributed by atoms with van der Waals surface area (Å²) in [5, 5.41) is 5.88. The number of benzene rings is 2. The standard InChI is InChI=1S/C22H24ClN3O6S/c1-33(29,30)26-13-20(32-19-9-8-14(23)11-18(19)26)22(28)25-17-7-3-2-6-16(17)21(27)24-12-15-5-4-10-31-15/h2-3,6-9,11,15,20H,4-5,10,12-13H2,1H3,(H,24,27)(H,25,28)/t15-,20+/m1/s1. The van der Waals surface area contributed by atoms with Gasteiger partial charge < -0.3 is 20.1 Å². The van der Waals surface area contributed by atoms with E-state index < -0.39 is 22.0 Å². The molecule has 0 saturated carbocycles. The Morgan fingerprint density at radius 3 is 2.73 bits per heavy atom. The lowest BCUT2D eigenvalue weighted by Crippen LogP contribution is -2.48. The normalized spacial score (nSPS) is 20.0. The van der Waals surface area contributed by atoms with E-state index in [9.17, 15) is 18.0 Å². The Kier molecular flexibility index (Phi) is 6.78. The van der Waals surface area contributed by atoms with E-state index in [0.29, 0.717) is 23.9 Å². The Hall–Kier alpha value is -2.82. The minimum absolute atomic E-state index is 0.0121. The first-order valence-electron chi connectivity index (χ1n) is 10.5. The van der Waals surface area contributed by atoms with Crippen LogP contribution in [0.2, 0.25) is 5.02 Å². The number of anilines is 2. The Labute approximate surface area is 197 Å². The fourth-order valence-electron chi connectivity index (χ4n) is 3.79. The summed E-state index contributed by atoms with van der Waals surface area (Å²) in [5.74, 6) is -0.703. The van der Waals surface area contributed by atoms with Crippen molar-refractivity contribution >= 4 is 44.8 Å². The molecule has 0 unspecified atom stereocenters. The summed E-state index contributed by atoms with van der Waals surface area (Å²) in [6.07, 6.45) is 1.76. The number of nitrogens with zero attached hydrogens (tertiary/aromatic N) is 1. The highest BCUT2D eigenvalue weighted by Crippen LogP contribution is 2.37. The van der Waals surface area contributed by atoms with Crippen molar-refractivity contribution in [3.63, 3.8) is 0 Å². The van der Waals surface area contributed by atoms with Crippen LogP contribution in [0.5, 0.6) is 5.75 Å². The number of carbonyl (C=O) groups is 2. The van der Waals surface area contributed by atoms with Gasteiger partial charge >= 0.3 is 0 Å². The Bertz CT molecular complexity index is 1170. The number of para-hydroxylation sites is 1. The molecule has 11 heteroatoms. The molecule has 0 spiro atoms. The van der Waals surface area contributed by atoms with Crippen LogP contribution in [0.15, 0.2) is 42.5 Å². The van der Waals surface area contributed by atoms with E-state index in [2.05, 4.69) is 10.6 Å². The van der Waals surface area contributed by atoms with Crippen molar-refractivity contribution in [2.75, 3.05) is 35.6 Å². The summed E-state index contributed by atoms with van der Waals surface area (Å²) in [6.45, 7) is 0.843. The Balaban J connectivity index is 1.50. The highest BCUT2D eigenvalue weighted by Gasteiger charge is 2.35. The number of rotatable bonds is 6. The Morgan fingerprint density at radius 2 is 2.00 bits per heavy atom. The van der Waals surface area contributed by atoms with E-state index in [1.807, 2.05) is 0 Å².